The normalized spacial score (nSPS) is 13.8. The monoisotopic (exact) mass is 484 g/mol. The summed E-state index contributed by atoms with van der Waals surface area (Å²) in [5.74, 6) is 4.71. The number of carboxylic acid groups (broad SMARTS) is 1. The standard InChI is InChI=1S/C25H16N4O7/c30-23(31)25(9-10-25)22-29-21-20(36-22)27-18(35-21)7-6-16-19(15-8-11-26-12-17(15)34-16)28-24(32)33-13-14-4-2-1-3-5-14/h1-5,8,11-12H,9-10,13H2,(H,28,32)(H,30,31). The van der Waals surface area contributed by atoms with E-state index in [9.17, 15) is 14.7 Å². The third-order valence-corrected chi connectivity index (χ3v) is 5.76. The maximum Gasteiger partial charge on any atom is 0.412 e. The summed E-state index contributed by atoms with van der Waals surface area (Å²) in [7, 11) is 0. The first-order valence-electron chi connectivity index (χ1n) is 10.9. The fourth-order valence-corrected chi connectivity index (χ4v) is 3.68. The van der Waals surface area contributed by atoms with Crippen molar-refractivity contribution in [3.63, 3.8) is 0 Å². The SMILES string of the molecule is O=C(Nc1c(C#Cc2nc3oc(C4(C(=O)O)CC4)nc3o2)oc2cnccc12)OCc1ccccc1. The first kappa shape index (κ1) is 21.4. The summed E-state index contributed by atoms with van der Waals surface area (Å²) in [6.07, 6.45) is 3.27. The molecule has 0 aliphatic heterocycles. The topological polar surface area (TPSA) is 154 Å². The first-order chi connectivity index (χ1) is 17.5. The van der Waals surface area contributed by atoms with Crippen molar-refractivity contribution in [2.75, 3.05) is 5.32 Å². The number of rotatable bonds is 5. The molecule has 0 radical (unpaired) electrons. The Morgan fingerprint density at radius 3 is 2.61 bits per heavy atom. The lowest BCUT2D eigenvalue weighted by Crippen LogP contribution is -2.19. The van der Waals surface area contributed by atoms with Crippen LogP contribution in [0.5, 0.6) is 0 Å². The number of nitrogens with zero attached hydrogens (tertiary/aromatic N) is 3. The van der Waals surface area contributed by atoms with Gasteiger partial charge in [-0.2, -0.15) is 9.97 Å². The van der Waals surface area contributed by atoms with Gasteiger partial charge in [-0.05, 0) is 30.4 Å². The Balaban J connectivity index is 1.25. The number of hydrogen-bond acceptors (Lipinski definition) is 9. The van der Waals surface area contributed by atoms with Gasteiger partial charge in [-0.25, -0.2) is 4.79 Å². The van der Waals surface area contributed by atoms with Crippen molar-refractivity contribution in [1.82, 2.24) is 15.0 Å². The minimum Gasteiger partial charge on any atom is -0.480 e. The molecule has 1 aromatic carbocycles. The van der Waals surface area contributed by atoms with Crippen LogP contribution in [0.3, 0.4) is 0 Å². The molecule has 2 N–H and O–H groups in total. The van der Waals surface area contributed by atoms with E-state index < -0.39 is 17.5 Å². The number of carbonyl (C=O) groups excluding carboxylic acids is 1. The average Bonchev–Trinajstić information content (AvgIpc) is 3.32. The van der Waals surface area contributed by atoms with Crippen LogP contribution in [0.25, 0.3) is 22.4 Å². The molecule has 4 aromatic heterocycles. The number of anilines is 1. The number of nitrogens with one attached hydrogen (secondary N) is 1. The lowest BCUT2D eigenvalue weighted by atomic mass is 10.1. The minimum atomic E-state index is -1.10. The molecule has 0 unspecified atom stereocenters. The number of carbonyl (C=O) groups is 2. The summed E-state index contributed by atoms with van der Waals surface area (Å²) in [5.41, 5.74) is 0.571. The summed E-state index contributed by atoms with van der Waals surface area (Å²) in [6.45, 7) is 0.0958. The van der Waals surface area contributed by atoms with Crippen LogP contribution >= 0.6 is 0 Å². The van der Waals surface area contributed by atoms with Crippen LogP contribution < -0.4 is 5.32 Å². The molecule has 5 aromatic rings. The first-order valence-corrected chi connectivity index (χ1v) is 10.9. The molecule has 1 aliphatic rings. The summed E-state index contributed by atoms with van der Waals surface area (Å²) < 4.78 is 22.1. The highest BCUT2D eigenvalue weighted by Gasteiger charge is 2.56. The van der Waals surface area contributed by atoms with Crippen LogP contribution in [0.4, 0.5) is 10.5 Å². The zero-order valence-corrected chi connectivity index (χ0v) is 18.5. The smallest absolute Gasteiger partial charge is 0.412 e. The van der Waals surface area contributed by atoms with E-state index in [4.69, 9.17) is 18.0 Å². The van der Waals surface area contributed by atoms with Gasteiger partial charge in [-0.1, -0.05) is 30.3 Å². The summed E-state index contributed by atoms with van der Waals surface area (Å²) >= 11 is 0. The quantitative estimate of drug-likeness (QED) is 0.347. The number of furan rings is 1. The Kier molecular flexibility index (Phi) is 4.93. The predicted octanol–water partition coefficient (Wildman–Crippen LogP) is 4.22. The Morgan fingerprint density at radius 1 is 1.06 bits per heavy atom. The number of fused-ring (bicyclic) bond motifs is 2. The highest BCUT2D eigenvalue weighted by molar-refractivity contribution is 6.00. The van der Waals surface area contributed by atoms with Crippen LogP contribution in [-0.4, -0.2) is 32.1 Å². The van der Waals surface area contributed by atoms with Gasteiger partial charge >= 0.3 is 12.1 Å². The van der Waals surface area contributed by atoms with E-state index in [1.54, 1.807) is 12.3 Å². The Hall–Kier alpha value is -5.11. The number of benzene rings is 1. The Bertz CT molecular complexity index is 1650. The van der Waals surface area contributed by atoms with E-state index >= 15 is 0 Å². The maximum absolute atomic E-state index is 12.5. The number of oxazole rings is 2. The average molecular weight is 484 g/mol. The van der Waals surface area contributed by atoms with Crippen molar-refractivity contribution in [2.45, 2.75) is 24.9 Å². The molecule has 11 heteroatoms. The van der Waals surface area contributed by atoms with Gasteiger partial charge in [0.05, 0.1) is 6.20 Å². The number of aromatic nitrogens is 3. The number of carboxylic acids is 1. The number of ether oxygens (including phenoxy) is 1. The number of amides is 1. The van der Waals surface area contributed by atoms with E-state index in [-0.39, 0.29) is 35.6 Å². The molecule has 36 heavy (non-hydrogen) atoms. The second-order valence-electron chi connectivity index (χ2n) is 8.15. The third kappa shape index (κ3) is 3.80. The molecule has 1 saturated carbocycles. The summed E-state index contributed by atoms with van der Waals surface area (Å²) in [6, 6.07) is 11.0. The molecule has 6 rings (SSSR count). The van der Waals surface area contributed by atoms with Crippen LogP contribution in [-0.2, 0) is 21.6 Å². The molecule has 1 fully saturated rings. The summed E-state index contributed by atoms with van der Waals surface area (Å²) in [4.78, 5) is 36.2. The molecular formula is C25H16N4O7. The van der Waals surface area contributed by atoms with Gasteiger partial charge in [0, 0.05) is 17.5 Å². The molecule has 178 valence electrons. The van der Waals surface area contributed by atoms with Crippen molar-refractivity contribution in [3.05, 3.63) is 71.9 Å². The van der Waals surface area contributed by atoms with Crippen molar-refractivity contribution in [1.29, 1.82) is 0 Å². The molecule has 0 saturated heterocycles. The lowest BCUT2D eigenvalue weighted by molar-refractivity contribution is -0.140. The zero-order chi connectivity index (χ0) is 24.7. The number of aliphatic carboxylic acids is 1. The van der Waals surface area contributed by atoms with E-state index in [1.807, 2.05) is 30.3 Å². The largest absolute Gasteiger partial charge is 0.480 e. The molecule has 0 bridgehead atoms. The van der Waals surface area contributed by atoms with Gasteiger partial charge in [0.2, 0.25) is 11.7 Å². The van der Waals surface area contributed by atoms with Gasteiger partial charge in [0.25, 0.3) is 17.3 Å². The van der Waals surface area contributed by atoms with Gasteiger partial charge in [-0.3, -0.25) is 15.1 Å². The van der Waals surface area contributed by atoms with Gasteiger partial charge < -0.3 is 23.1 Å². The zero-order valence-electron chi connectivity index (χ0n) is 18.5. The molecule has 1 aliphatic carbocycles. The van der Waals surface area contributed by atoms with Gasteiger partial charge in [0.15, 0.2) is 5.58 Å². The highest BCUT2D eigenvalue weighted by Crippen LogP contribution is 2.48. The highest BCUT2D eigenvalue weighted by atomic mass is 16.5. The third-order valence-electron chi connectivity index (χ3n) is 5.76. The van der Waals surface area contributed by atoms with Crippen molar-refractivity contribution in [2.24, 2.45) is 0 Å². The van der Waals surface area contributed by atoms with Crippen molar-refractivity contribution < 1.29 is 32.7 Å². The molecule has 1 amide bonds. The second-order valence-corrected chi connectivity index (χ2v) is 8.15. The number of hydrogen-bond donors (Lipinski definition) is 2. The van der Waals surface area contributed by atoms with E-state index in [2.05, 4.69) is 32.1 Å². The molecule has 4 heterocycles. The van der Waals surface area contributed by atoms with Crippen molar-refractivity contribution >= 4 is 40.1 Å². The van der Waals surface area contributed by atoms with Crippen LogP contribution in [0.1, 0.15) is 35.9 Å². The lowest BCUT2D eigenvalue weighted by Gasteiger charge is -2.06. The van der Waals surface area contributed by atoms with E-state index in [0.29, 0.717) is 29.5 Å². The summed E-state index contributed by atoms with van der Waals surface area (Å²) in [5, 5.41) is 12.7. The minimum absolute atomic E-state index is 0.0147. The molecule has 0 spiro atoms. The number of pyridine rings is 1. The second kappa shape index (κ2) is 8.28. The maximum atomic E-state index is 12.5. The van der Waals surface area contributed by atoms with E-state index in [0.717, 1.165) is 5.56 Å². The van der Waals surface area contributed by atoms with Crippen LogP contribution in [0.15, 0.2) is 62.0 Å². The Morgan fingerprint density at radius 2 is 1.86 bits per heavy atom. The molecular weight excluding hydrogens is 468 g/mol. The molecule has 11 nitrogen and oxygen atoms in total. The fourth-order valence-electron chi connectivity index (χ4n) is 3.68. The van der Waals surface area contributed by atoms with Gasteiger partial charge in [-0.15, -0.1) is 0 Å². The van der Waals surface area contributed by atoms with Crippen molar-refractivity contribution in [3.8, 4) is 11.8 Å². The van der Waals surface area contributed by atoms with E-state index in [1.165, 1.54) is 6.20 Å². The van der Waals surface area contributed by atoms with Gasteiger partial charge in [0.1, 0.15) is 17.7 Å². The molecule has 0 atom stereocenters. The predicted molar refractivity (Wildman–Crippen MR) is 123 cm³/mol. The fraction of sp³-hybridized carbons (Fsp3) is 0.160. The Labute approximate surface area is 202 Å². The van der Waals surface area contributed by atoms with Crippen LogP contribution in [0, 0.1) is 11.8 Å². The van der Waals surface area contributed by atoms with Crippen LogP contribution in [0.2, 0.25) is 0 Å².